The third-order valence-corrected chi connectivity index (χ3v) is 2.74. The van der Waals surface area contributed by atoms with Crippen molar-refractivity contribution in [2.24, 2.45) is 0 Å². The maximum Gasteiger partial charge on any atom is 0.224 e. The van der Waals surface area contributed by atoms with E-state index in [1.165, 1.54) is 0 Å². The van der Waals surface area contributed by atoms with Crippen LogP contribution in [0.4, 0.5) is 5.82 Å². The van der Waals surface area contributed by atoms with Crippen molar-refractivity contribution >= 4 is 11.7 Å². The summed E-state index contributed by atoms with van der Waals surface area (Å²) in [5, 5.41) is 3.11. The van der Waals surface area contributed by atoms with Crippen molar-refractivity contribution in [3.8, 4) is 5.75 Å². The van der Waals surface area contributed by atoms with Gasteiger partial charge in [0, 0.05) is 32.3 Å². The summed E-state index contributed by atoms with van der Waals surface area (Å²) in [6.07, 6.45) is 2.15. The lowest BCUT2D eigenvalue weighted by molar-refractivity contribution is -0.130. The highest BCUT2D eigenvalue weighted by atomic mass is 16.5. The van der Waals surface area contributed by atoms with Crippen LogP contribution in [0.5, 0.6) is 5.75 Å². The molecule has 0 spiro atoms. The minimum absolute atomic E-state index is 0.155. The van der Waals surface area contributed by atoms with Crippen LogP contribution in [0.2, 0.25) is 0 Å². The van der Waals surface area contributed by atoms with E-state index in [-0.39, 0.29) is 5.91 Å². The van der Waals surface area contributed by atoms with E-state index in [4.69, 9.17) is 4.74 Å². The van der Waals surface area contributed by atoms with Crippen molar-refractivity contribution in [1.82, 2.24) is 9.88 Å². The van der Waals surface area contributed by atoms with Gasteiger partial charge in [-0.05, 0) is 26.0 Å². The standard InChI is InChI=1S/C13H21N3O2/c1-4-16(5-2)12(17)8-10-15-13-11(18-3)7-6-9-14-13/h6-7,9H,4-5,8,10H2,1-3H3,(H,14,15). The molecule has 0 saturated heterocycles. The van der Waals surface area contributed by atoms with Gasteiger partial charge in [0.1, 0.15) is 0 Å². The lowest BCUT2D eigenvalue weighted by Gasteiger charge is -2.18. The van der Waals surface area contributed by atoms with Crippen LogP contribution in [-0.2, 0) is 4.79 Å². The van der Waals surface area contributed by atoms with E-state index in [0.717, 1.165) is 13.1 Å². The number of aromatic nitrogens is 1. The molecular formula is C13H21N3O2. The quantitative estimate of drug-likeness (QED) is 0.802. The number of anilines is 1. The molecule has 0 aliphatic rings. The second-order valence-corrected chi connectivity index (χ2v) is 3.80. The van der Waals surface area contributed by atoms with Crippen LogP contribution >= 0.6 is 0 Å². The summed E-state index contributed by atoms with van der Waals surface area (Å²) in [5.41, 5.74) is 0. The number of nitrogens with one attached hydrogen (secondary N) is 1. The van der Waals surface area contributed by atoms with E-state index in [9.17, 15) is 4.79 Å². The van der Waals surface area contributed by atoms with Crippen LogP contribution in [-0.4, -0.2) is 42.5 Å². The fourth-order valence-corrected chi connectivity index (χ4v) is 1.71. The average Bonchev–Trinajstić information content (AvgIpc) is 2.40. The second-order valence-electron chi connectivity index (χ2n) is 3.80. The molecule has 0 fully saturated rings. The molecule has 1 N–H and O–H groups in total. The number of hydrogen-bond acceptors (Lipinski definition) is 4. The number of nitrogens with zero attached hydrogens (tertiary/aromatic N) is 2. The zero-order valence-corrected chi connectivity index (χ0v) is 11.3. The van der Waals surface area contributed by atoms with Crippen molar-refractivity contribution in [2.45, 2.75) is 20.3 Å². The number of carbonyl (C=O) groups excluding carboxylic acids is 1. The molecule has 0 unspecified atom stereocenters. The Kier molecular flexibility index (Phi) is 5.97. The first-order chi connectivity index (χ1) is 8.72. The number of hydrogen-bond donors (Lipinski definition) is 1. The molecular weight excluding hydrogens is 230 g/mol. The predicted octanol–water partition coefficient (Wildman–Crippen LogP) is 1.76. The topological polar surface area (TPSA) is 54.5 Å². The van der Waals surface area contributed by atoms with Gasteiger partial charge in [0.25, 0.3) is 0 Å². The fourth-order valence-electron chi connectivity index (χ4n) is 1.71. The molecule has 0 aromatic carbocycles. The maximum atomic E-state index is 11.8. The largest absolute Gasteiger partial charge is 0.493 e. The third-order valence-electron chi connectivity index (χ3n) is 2.74. The summed E-state index contributed by atoms with van der Waals surface area (Å²) in [6.45, 7) is 6.03. The predicted molar refractivity (Wildman–Crippen MR) is 71.8 cm³/mol. The van der Waals surface area contributed by atoms with Crippen molar-refractivity contribution in [3.63, 3.8) is 0 Å². The molecule has 5 nitrogen and oxygen atoms in total. The van der Waals surface area contributed by atoms with E-state index in [2.05, 4.69) is 10.3 Å². The summed E-state index contributed by atoms with van der Waals surface area (Å²) in [7, 11) is 1.60. The smallest absolute Gasteiger partial charge is 0.224 e. The van der Waals surface area contributed by atoms with Crippen molar-refractivity contribution < 1.29 is 9.53 Å². The van der Waals surface area contributed by atoms with E-state index in [0.29, 0.717) is 24.5 Å². The molecule has 0 atom stereocenters. The van der Waals surface area contributed by atoms with Crippen LogP contribution in [0.1, 0.15) is 20.3 Å². The average molecular weight is 251 g/mol. The molecule has 18 heavy (non-hydrogen) atoms. The zero-order valence-electron chi connectivity index (χ0n) is 11.3. The summed E-state index contributed by atoms with van der Waals surface area (Å²) < 4.78 is 5.17. The van der Waals surface area contributed by atoms with Crippen LogP contribution in [0.15, 0.2) is 18.3 Å². The molecule has 0 saturated carbocycles. The van der Waals surface area contributed by atoms with E-state index in [1.54, 1.807) is 13.3 Å². The number of pyridine rings is 1. The Morgan fingerprint density at radius 2 is 2.17 bits per heavy atom. The molecule has 1 heterocycles. The maximum absolute atomic E-state index is 11.8. The first-order valence-corrected chi connectivity index (χ1v) is 6.23. The molecule has 1 rings (SSSR count). The first kappa shape index (κ1) is 14.3. The Labute approximate surface area is 108 Å². The number of rotatable bonds is 7. The summed E-state index contributed by atoms with van der Waals surface area (Å²) >= 11 is 0. The van der Waals surface area contributed by atoms with Crippen LogP contribution < -0.4 is 10.1 Å². The lowest BCUT2D eigenvalue weighted by Crippen LogP contribution is -2.31. The minimum Gasteiger partial charge on any atom is -0.493 e. The number of carbonyl (C=O) groups is 1. The lowest BCUT2D eigenvalue weighted by atomic mass is 10.3. The van der Waals surface area contributed by atoms with E-state index < -0.39 is 0 Å². The number of ether oxygens (including phenoxy) is 1. The van der Waals surface area contributed by atoms with Gasteiger partial charge >= 0.3 is 0 Å². The van der Waals surface area contributed by atoms with Crippen LogP contribution in [0.3, 0.4) is 0 Å². The van der Waals surface area contributed by atoms with E-state index in [1.807, 2.05) is 30.9 Å². The van der Waals surface area contributed by atoms with Gasteiger partial charge in [0.05, 0.1) is 7.11 Å². The molecule has 0 radical (unpaired) electrons. The van der Waals surface area contributed by atoms with Gasteiger partial charge in [-0.15, -0.1) is 0 Å². The highest BCUT2D eigenvalue weighted by Gasteiger charge is 2.09. The molecule has 1 amide bonds. The van der Waals surface area contributed by atoms with Gasteiger partial charge in [-0.1, -0.05) is 0 Å². The summed E-state index contributed by atoms with van der Waals surface area (Å²) in [5.74, 6) is 1.52. The molecule has 0 aliphatic heterocycles. The van der Waals surface area contributed by atoms with E-state index >= 15 is 0 Å². The molecule has 0 bridgehead atoms. The summed E-state index contributed by atoms with van der Waals surface area (Å²) in [4.78, 5) is 17.8. The van der Waals surface area contributed by atoms with Crippen LogP contribution in [0.25, 0.3) is 0 Å². The normalized spacial score (nSPS) is 9.94. The first-order valence-electron chi connectivity index (χ1n) is 6.23. The van der Waals surface area contributed by atoms with Gasteiger partial charge in [0.15, 0.2) is 11.6 Å². The van der Waals surface area contributed by atoms with Crippen molar-refractivity contribution in [2.75, 3.05) is 32.1 Å². The molecule has 5 heteroatoms. The highest BCUT2D eigenvalue weighted by molar-refractivity contribution is 5.76. The SMILES string of the molecule is CCN(CC)C(=O)CCNc1ncccc1OC. The van der Waals surface area contributed by atoms with Gasteiger partial charge < -0.3 is 15.0 Å². The Morgan fingerprint density at radius 1 is 1.44 bits per heavy atom. The van der Waals surface area contributed by atoms with Crippen molar-refractivity contribution in [1.29, 1.82) is 0 Å². The fraction of sp³-hybridized carbons (Fsp3) is 0.538. The number of amides is 1. The summed E-state index contributed by atoms with van der Waals surface area (Å²) in [6, 6.07) is 3.65. The number of methoxy groups -OCH3 is 1. The Balaban J connectivity index is 2.44. The second kappa shape index (κ2) is 7.53. The monoisotopic (exact) mass is 251 g/mol. The highest BCUT2D eigenvalue weighted by Crippen LogP contribution is 2.19. The molecule has 100 valence electrons. The van der Waals surface area contributed by atoms with Crippen molar-refractivity contribution in [3.05, 3.63) is 18.3 Å². The minimum atomic E-state index is 0.155. The Hall–Kier alpha value is -1.78. The van der Waals surface area contributed by atoms with Gasteiger partial charge in [-0.3, -0.25) is 4.79 Å². The zero-order chi connectivity index (χ0) is 13.4. The van der Waals surface area contributed by atoms with Gasteiger partial charge in [-0.2, -0.15) is 0 Å². The Bertz CT molecular complexity index is 378. The van der Waals surface area contributed by atoms with Gasteiger partial charge in [-0.25, -0.2) is 4.98 Å². The molecule has 1 aromatic heterocycles. The van der Waals surface area contributed by atoms with Gasteiger partial charge in [0.2, 0.25) is 5.91 Å². The Morgan fingerprint density at radius 3 is 2.78 bits per heavy atom. The molecule has 0 aliphatic carbocycles. The molecule has 1 aromatic rings. The third kappa shape index (κ3) is 3.91. The van der Waals surface area contributed by atoms with Crippen LogP contribution in [0, 0.1) is 0 Å².